The van der Waals surface area contributed by atoms with E-state index in [0.29, 0.717) is 0 Å². The Balaban J connectivity index is 3.32. The number of carbonyl (C=O) groups excluding carboxylic acids is 1. The number of nitrogens with zero attached hydrogens (tertiary/aromatic N) is 3. The molecular formula is C8H11N3O4. The van der Waals surface area contributed by atoms with Gasteiger partial charge in [-0.1, -0.05) is 0 Å². The Morgan fingerprint density at radius 3 is 2.67 bits per heavy atom. The van der Waals surface area contributed by atoms with Crippen LogP contribution in [0.5, 0.6) is 0 Å². The number of hydrogen-bond acceptors (Lipinski definition) is 5. The van der Waals surface area contributed by atoms with E-state index in [-0.39, 0.29) is 17.4 Å². The van der Waals surface area contributed by atoms with Gasteiger partial charge >= 0.3 is 11.7 Å². The highest BCUT2D eigenvalue weighted by atomic mass is 16.6. The van der Waals surface area contributed by atoms with Crippen LogP contribution in [0, 0.1) is 10.1 Å². The topological polar surface area (TPSA) is 87.3 Å². The lowest BCUT2D eigenvalue weighted by molar-refractivity contribution is -0.385. The molecule has 0 fully saturated rings. The maximum atomic E-state index is 11.3. The van der Waals surface area contributed by atoms with Crippen molar-refractivity contribution in [1.82, 2.24) is 9.78 Å². The molecule has 0 N–H and O–H groups in total. The molecule has 0 aliphatic heterocycles. The third kappa shape index (κ3) is 1.95. The molecule has 0 aromatic carbocycles. The van der Waals surface area contributed by atoms with E-state index >= 15 is 0 Å². The molecule has 7 nitrogen and oxygen atoms in total. The lowest BCUT2D eigenvalue weighted by Gasteiger charge is -2.07. The zero-order chi connectivity index (χ0) is 11.6. The summed E-state index contributed by atoms with van der Waals surface area (Å²) in [4.78, 5) is 21.3. The number of methoxy groups -OCH3 is 1. The van der Waals surface area contributed by atoms with Crippen molar-refractivity contribution in [3.63, 3.8) is 0 Å². The summed E-state index contributed by atoms with van der Waals surface area (Å²) in [5, 5.41) is 14.4. The van der Waals surface area contributed by atoms with Crippen LogP contribution in [0.3, 0.4) is 0 Å². The fourth-order valence-electron chi connectivity index (χ4n) is 1.17. The fourth-order valence-corrected chi connectivity index (χ4v) is 1.17. The number of rotatable bonds is 3. The monoisotopic (exact) mass is 213 g/mol. The first-order chi connectivity index (χ1) is 6.99. The van der Waals surface area contributed by atoms with E-state index in [9.17, 15) is 14.9 Å². The summed E-state index contributed by atoms with van der Waals surface area (Å²) < 4.78 is 5.74. The average Bonchev–Trinajstić information content (AvgIpc) is 2.60. The van der Waals surface area contributed by atoms with Gasteiger partial charge in [0.15, 0.2) is 0 Å². The Bertz CT molecular complexity index is 397. The zero-order valence-corrected chi connectivity index (χ0v) is 8.63. The van der Waals surface area contributed by atoms with Gasteiger partial charge in [0, 0.05) is 6.04 Å². The van der Waals surface area contributed by atoms with E-state index in [1.54, 1.807) is 13.8 Å². The van der Waals surface area contributed by atoms with Gasteiger partial charge in [-0.05, 0) is 13.8 Å². The van der Waals surface area contributed by atoms with Gasteiger partial charge in [0.1, 0.15) is 6.20 Å². The lowest BCUT2D eigenvalue weighted by Crippen LogP contribution is -2.15. The SMILES string of the molecule is COC(=O)c1c([N+](=O)[O-])cnn1C(C)C. The minimum Gasteiger partial charge on any atom is -0.464 e. The molecule has 0 radical (unpaired) electrons. The summed E-state index contributed by atoms with van der Waals surface area (Å²) in [6.45, 7) is 3.53. The number of esters is 1. The van der Waals surface area contributed by atoms with Gasteiger partial charge in [0.05, 0.1) is 12.0 Å². The van der Waals surface area contributed by atoms with Crippen LogP contribution in [0.2, 0.25) is 0 Å². The minimum atomic E-state index is -0.757. The van der Waals surface area contributed by atoms with E-state index in [2.05, 4.69) is 9.84 Å². The molecule has 0 spiro atoms. The second-order valence-corrected chi connectivity index (χ2v) is 3.17. The lowest BCUT2D eigenvalue weighted by atomic mass is 10.3. The van der Waals surface area contributed by atoms with Crippen LogP contribution >= 0.6 is 0 Å². The molecular weight excluding hydrogens is 202 g/mol. The molecule has 15 heavy (non-hydrogen) atoms. The van der Waals surface area contributed by atoms with Crippen molar-refractivity contribution in [2.24, 2.45) is 0 Å². The molecule has 0 bridgehead atoms. The van der Waals surface area contributed by atoms with E-state index < -0.39 is 10.9 Å². The van der Waals surface area contributed by atoms with E-state index in [1.165, 1.54) is 11.8 Å². The molecule has 1 rings (SSSR count). The maximum Gasteiger partial charge on any atom is 0.363 e. The van der Waals surface area contributed by atoms with Crippen LogP contribution in [0.25, 0.3) is 0 Å². The maximum absolute atomic E-state index is 11.3. The number of hydrogen-bond donors (Lipinski definition) is 0. The van der Waals surface area contributed by atoms with Crippen molar-refractivity contribution in [3.05, 3.63) is 22.0 Å². The third-order valence-electron chi connectivity index (χ3n) is 1.84. The summed E-state index contributed by atoms with van der Waals surface area (Å²) >= 11 is 0. The molecule has 0 unspecified atom stereocenters. The second-order valence-electron chi connectivity index (χ2n) is 3.17. The molecule has 0 atom stereocenters. The van der Waals surface area contributed by atoms with E-state index in [0.717, 1.165) is 6.20 Å². The van der Waals surface area contributed by atoms with Crippen molar-refractivity contribution in [1.29, 1.82) is 0 Å². The van der Waals surface area contributed by atoms with Crippen LogP contribution in [0.15, 0.2) is 6.20 Å². The minimum absolute atomic E-state index is 0.127. The van der Waals surface area contributed by atoms with Gasteiger partial charge in [0.25, 0.3) is 0 Å². The quantitative estimate of drug-likeness (QED) is 0.427. The Morgan fingerprint density at radius 1 is 1.67 bits per heavy atom. The highest BCUT2D eigenvalue weighted by Crippen LogP contribution is 2.21. The fraction of sp³-hybridized carbons (Fsp3) is 0.500. The van der Waals surface area contributed by atoms with E-state index in [4.69, 9.17) is 0 Å². The summed E-state index contributed by atoms with van der Waals surface area (Å²) in [5.74, 6) is -0.757. The Kier molecular flexibility index (Phi) is 3.03. The molecule has 1 aromatic heterocycles. The number of aromatic nitrogens is 2. The second kappa shape index (κ2) is 4.07. The van der Waals surface area contributed by atoms with Gasteiger partial charge in [-0.15, -0.1) is 0 Å². The van der Waals surface area contributed by atoms with Crippen molar-refractivity contribution in [3.8, 4) is 0 Å². The molecule has 7 heteroatoms. The van der Waals surface area contributed by atoms with Gasteiger partial charge in [-0.25, -0.2) is 9.48 Å². The van der Waals surface area contributed by atoms with Crippen molar-refractivity contribution >= 4 is 11.7 Å². The van der Waals surface area contributed by atoms with Gasteiger partial charge in [-0.2, -0.15) is 5.10 Å². The normalized spacial score (nSPS) is 10.4. The molecule has 82 valence electrons. The summed E-state index contributed by atoms with van der Waals surface area (Å²) in [6, 6.07) is -0.146. The predicted molar refractivity (Wildman–Crippen MR) is 50.6 cm³/mol. The molecule has 1 aromatic rings. The Labute approximate surface area is 85.8 Å². The molecule has 0 amide bonds. The molecule has 0 aliphatic rings. The van der Waals surface area contributed by atoms with E-state index in [1.807, 2.05) is 0 Å². The first-order valence-electron chi connectivity index (χ1n) is 4.29. The van der Waals surface area contributed by atoms with Crippen LogP contribution < -0.4 is 0 Å². The van der Waals surface area contributed by atoms with Crippen molar-refractivity contribution in [2.45, 2.75) is 19.9 Å². The van der Waals surface area contributed by atoms with Crippen LogP contribution in [0.1, 0.15) is 30.4 Å². The number of carbonyl (C=O) groups is 1. The van der Waals surface area contributed by atoms with Crippen molar-refractivity contribution in [2.75, 3.05) is 7.11 Å². The average molecular weight is 213 g/mol. The van der Waals surface area contributed by atoms with Crippen LogP contribution in [-0.2, 0) is 4.74 Å². The van der Waals surface area contributed by atoms with Crippen LogP contribution in [0.4, 0.5) is 5.69 Å². The van der Waals surface area contributed by atoms with Crippen molar-refractivity contribution < 1.29 is 14.5 Å². The van der Waals surface area contributed by atoms with Gasteiger partial charge < -0.3 is 4.74 Å². The molecule has 0 aliphatic carbocycles. The number of nitro groups is 1. The third-order valence-corrected chi connectivity index (χ3v) is 1.84. The zero-order valence-electron chi connectivity index (χ0n) is 8.63. The number of ether oxygens (including phenoxy) is 1. The highest BCUT2D eigenvalue weighted by Gasteiger charge is 2.28. The van der Waals surface area contributed by atoms with Crippen LogP contribution in [-0.4, -0.2) is 27.8 Å². The van der Waals surface area contributed by atoms with Gasteiger partial charge in [-0.3, -0.25) is 10.1 Å². The molecule has 0 saturated carbocycles. The first kappa shape index (κ1) is 11.2. The first-order valence-corrected chi connectivity index (χ1v) is 4.29. The summed E-state index contributed by atoms with van der Waals surface area (Å²) in [5.41, 5.74) is -0.465. The summed E-state index contributed by atoms with van der Waals surface area (Å²) in [6.07, 6.45) is 1.05. The standard InChI is InChI=1S/C8H11N3O4/c1-5(2)10-7(8(12)15-3)6(4-9-10)11(13)14/h4-5H,1-3H3. The smallest absolute Gasteiger partial charge is 0.363 e. The predicted octanol–water partition coefficient (Wildman–Crippen LogP) is 1.16. The molecule has 0 saturated heterocycles. The largest absolute Gasteiger partial charge is 0.464 e. The highest BCUT2D eigenvalue weighted by molar-refractivity contribution is 5.91. The molecule has 1 heterocycles. The Hall–Kier alpha value is -1.92. The Morgan fingerprint density at radius 2 is 2.27 bits per heavy atom. The summed E-state index contributed by atoms with van der Waals surface area (Å²) in [7, 11) is 1.17. The van der Waals surface area contributed by atoms with Gasteiger partial charge in [0.2, 0.25) is 5.69 Å².